The lowest BCUT2D eigenvalue weighted by Gasteiger charge is -2.39. The first-order valence-corrected chi connectivity index (χ1v) is 7.22. The average molecular weight is 291 g/mol. The zero-order valence-electron chi connectivity index (χ0n) is 12.2. The normalized spacial score (nSPS) is 21.9. The van der Waals surface area contributed by atoms with Crippen molar-refractivity contribution < 1.29 is 14.7 Å². The fourth-order valence-electron chi connectivity index (χ4n) is 2.71. The van der Waals surface area contributed by atoms with Crippen LogP contribution in [0.25, 0.3) is 0 Å². The molecule has 2 rings (SSSR count). The van der Waals surface area contributed by atoms with Crippen LogP contribution in [0.1, 0.15) is 31.7 Å². The molecule has 1 atom stereocenters. The van der Waals surface area contributed by atoms with Gasteiger partial charge in [-0.05, 0) is 30.9 Å². The molecule has 2 amide bonds. The quantitative estimate of drug-likeness (QED) is 0.887. The van der Waals surface area contributed by atoms with Crippen LogP contribution in [0.5, 0.6) is 0 Å². The number of carbonyl (C=O) groups excluding carboxylic acids is 1. The van der Waals surface area contributed by atoms with Gasteiger partial charge in [0.15, 0.2) is 0 Å². The Hall–Kier alpha value is -2.11. The summed E-state index contributed by atoms with van der Waals surface area (Å²) in [4.78, 5) is 29.3. The maximum absolute atomic E-state index is 12.2. The van der Waals surface area contributed by atoms with Crippen LogP contribution in [0.3, 0.4) is 0 Å². The smallest absolute Gasteiger partial charge is 0.317 e. The standard InChI is InChI=1S/C15H21N3O3/c1-2-15(13(19)20)6-4-8-18(11-15)14(21)17-10-12-5-3-7-16-9-12/h3,5,7,9H,2,4,6,8,10-11H2,1H3,(H,17,21)(H,19,20). The number of piperidine rings is 1. The molecule has 21 heavy (non-hydrogen) atoms. The van der Waals surface area contributed by atoms with Crippen molar-refractivity contribution >= 4 is 12.0 Å². The Morgan fingerprint density at radius 1 is 1.52 bits per heavy atom. The van der Waals surface area contributed by atoms with Crippen molar-refractivity contribution in [3.8, 4) is 0 Å². The summed E-state index contributed by atoms with van der Waals surface area (Å²) in [5, 5.41) is 12.3. The lowest BCUT2D eigenvalue weighted by molar-refractivity contribution is -0.152. The van der Waals surface area contributed by atoms with Gasteiger partial charge in [-0.25, -0.2) is 4.79 Å². The van der Waals surface area contributed by atoms with Crippen molar-refractivity contribution in [2.24, 2.45) is 5.41 Å². The van der Waals surface area contributed by atoms with Gasteiger partial charge in [-0.1, -0.05) is 13.0 Å². The summed E-state index contributed by atoms with van der Waals surface area (Å²) in [6, 6.07) is 3.49. The second-order valence-corrected chi connectivity index (χ2v) is 5.48. The van der Waals surface area contributed by atoms with Gasteiger partial charge in [-0.2, -0.15) is 0 Å². The van der Waals surface area contributed by atoms with Crippen molar-refractivity contribution in [2.75, 3.05) is 13.1 Å². The van der Waals surface area contributed by atoms with Gasteiger partial charge in [0.05, 0.1) is 5.41 Å². The molecule has 6 heteroatoms. The number of urea groups is 1. The van der Waals surface area contributed by atoms with E-state index in [4.69, 9.17) is 0 Å². The highest BCUT2D eigenvalue weighted by atomic mass is 16.4. The van der Waals surface area contributed by atoms with Crippen LogP contribution in [0.2, 0.25) is 0 Å². The average Bonchev–Trinajstić information content (AvgIpc) is 2.53. The Bertz CT molecular complexity index is 506. The summed E-state index contributed by atoms with van der Waals surface area (Å²) in [6.07, 6.45) is 5.27. The number of rotatable bonds is 4. The van der Waals surface area contributed by atoms with E-state index in [2.05, 4.69) is 10.3 Å². The van der Waals surface area contributed by atoms with Crippen molar-refractivity contribution in [1.29, 1.82) is 0 Å². The van der Waals surface area contributed by atoms with Crippen molar-refractivity contribution in [3.05, 3.63) is 30.1 Å². The SMILES string of the molecule is CCC1(C(=O)O)CCCN(C(=O)NCc2cccnc2)C1. The number of aliphatic carboxylic acids is 1. The van der Waals surface area contributed by atoms with E-state index in [-0.39, 0.29) is 12.6 Å². The molecule has 0 aliphatic carbocycles. The number of hydrogen-bond acceptors (Lipinski definition) is 3. The fourth-order valence-corrected chi connectivity index (χ4v) is 2.71. The minimum absolute atomic E-state index is 0.211. The number of carboxylic acids is 1. The van der Waals surface area contributed by atoms with E-state index >= 15 is 0 Å². The molecular weight excluding hydrogens is 270 g/mol. The fraction of sp³-hybridized carbons (Fsp3) is 0.533. The van der Waals surface area contributed by atoms with Crippen LogP contribution in [-0.4, -0.2) is 40.1 Å². The number of hydrogen-bond donors (Lipinski definition) is 2. The number of carboxylic acid groups (broad SMARTS) is 1. The summed E-state index contributed by atoms with van der Waals surface area (Å²) >= 11 is 0. The van der Waals surface area contributed by atoms with E-state index in [1.165, 1.54) is 0 Å². The van der Waals surface area contributed by atoms with E-state index in [1.807, 2.05) is 19.1 Å². The van der Waals surface area contributed by atoms with Crippen LogP contribution in [0.4, 0.5) is 4.79 Å². The topological polar surface area (TPSA) is 82.5 Å². The second kappa shape index (κ2) is 6.56. The summed E-state index contributed by atoms with van der Waals surface area (Å²) in [5.74, 6) is -0.810. The number of carbonyl (C=O) groups is 2. The third-order valence-electron chi connectivity index (χ3n) is 4.16. The predicted molar refractivity (Wildman–Crippen MR) is 77.6 cm³/mol. The predicted octanol–water partition coefficient (Wildman–Crippen LogP) is 1.87. The highest BCUT2D eigenvalue weighted by Crippen LogP contribution is 2.33. The van der Waals surface area contributed by atoms with Crippen molar-refractivity contribution in [1.82, 2.24) is 15.2 Å². The first-order valence-electron chi connectivity index (χ1n) is 7.22. The van der Waals surface area contributed by atoms with Gasteiger partial charge in [0.25, 0.3) is 0 Å². The third-order valence-corrected chi connectivity index (χ3v) is 4.16. The van der Waals surface area contributed by atoms with Gasteiger partial charge in [-0.15, -0.1) is 0 Å². The van der Waals surface area contributed by atoms with E-state index < -0.39 is 11.4 Å². The van der Waals surface area contributed by atoms with Crippen LogP contribution < -0.4 is 5.32 Å². The zero-order valence-corrected chi connectivity index (χ0v) is 12.2. The van der Waals surface area contributed by atoms with Crippen LogP contribution in [0, 0.1) is 5.41 Å². The molecule has 1 fully saturated rings. The summed E-state index contributed by atoms with van der Waals surface area (Å²) in [5.41, 5.74) is 0.118. The number of nitrogens with zero attached hydrogens (tertiary/aromatic N) is 2. The molecule has 1 aliphatic rings. The molecule has 0 spiro atoms. The van der Waals surface area contributed by atoms with Gasteiger partial charge in [0.1, 0.15) is 0 Å². The number of nitrogens with one attached hydrogen (secondary N) is 1. The molecule has 2 heterocycles. The molecule has 1 unspecified atom stereocenters. The second-order valence-electron chi connectivity index (χ2n) is 5.48. The third kappa shape index (κ3) is 3.51. The minimum Gasteiger partial charge on any atom is -0.481 e. The molecule has 6 nitrogen and oxygen atoms in total. The maximum atomic E-state index is 12.2. The first kappa shape index (κ1) is 15.3. The summed E-state index contributed by atoms with van der Waals surface area (Å²) in [7, 11) is 0. The summed E-state index contributed by atoms with van der Waals surface area (Å²) in [6.45, 7) is 3.14. The van der Waals surface area contributed by atoms with E-state index in [1.54, 1.807) is 17.3 Å². The molecule has 0 aromatic carbocycles. The van der Waals surface area contributed by atoms with Gasteiger partial charge in [0.2, 0.25) is 0 Å². The zero-order chi connectivity index (χ0) is 15.3. The van der Waals surface area contributed by atoms with Gasteiger partial charge >= 0.3 is 12.0 Å². The maximum Gasteiger partial charge on any atom is 0.317 e. The minimum atomic E-state index is -0.810. The Morgan fingerprint density at radius 2 is 2.33 bits per heavy atom. The lowest BCUT2D eigenvalue weighted by Crippen LogP contribution is -2.52. The Balaban J connectivity index is 1.94. The molecule has 0 radical (unpaired) electrons. The van der Waals surface area contributed by atoms with E-state index in [0.717, 1.165) is 12.0 Å². The van der Waals surface area contributed by atoms with Gasteiger partial charge in [-0.3, -0.25) is 9.78 Å². The van der Waals surface area contributed by atoms with Crippen LogP contribution >= 0.6 is 0 Å². The highest BCUT2D eigenvalue weighted by Gasteiger charge is 2.42. The molecular formula is C15H21N3O3. The number of pyridine rings is 1. The molecule has 1 saturated heterocycles. The number of amides is 2. The number of aromatic nitrogens is 1. The Kier molecular flexibility index (Phi) is 4.77. The van der Waals surface area contributed by atoms with Crippen molar-refractivity contribution in [2.45, 2.75) is 32.7 Å². The number of likely N-dealkylation sites (tertiary alicyclic amines) is 1. The molecule has 1 aliphatic heterocycles. The molecule has 0 saturated carbocycles. The molecule has 114 valence electrons. The molecule has 1 aromatic heterocycles. The summed E-state index contributed by atoms with van der Waals surface area (Å²) < 4.78 is 0. The lowest BCUT2D eigenvalue weighted by atomic mass is 9.78. The molecule has 1 aromatic rings. The van der Waals surface area contributed by atoms with Crippen LogP contribution in [0.15, 0.2) is 24.5 Å². The van der Waals surface area contributed by atoms with Crippen molar-refractivity contribution in [3.63, 3.8) is 0 Å². The van der Waals surface area contributed by atoms with Gasteiger partial charge in [0, 0.05) is 32.0 Å². The largest absolute Gasteiger partial charge is 0.481 e. The van der Waals surface area contributed by atoms with Gasteiger partial charge < -0.3 is 15.3 Å². The Morgan fingerprint density at radius 3 is 2.95 bits per heavy atom. The Labute approximate surface area is 124 Å². The monoisotopic (exact) mass is 291 g/mol. The van der Waals surface area contributed by atoms with E-state index in [0.29, 0.717) is 25.9 Å². The first-order chi connectivity index (χ1) is 10.1. The molecule has 0 bridgehead atoms. The molecule has 2 N–H and O–H groups in total. The van der Waals surface area contributed by atoms with Crippen LogP contribution in [-0.2, 0) is 11.3 Å². The highest BCUT2D eigenvalue weighted by molar-refractivity contribution is 5.78. The van der Waals surface area contributed by atoms with E-state index in [9.17, 15) is 14.7 Å².